The molecule has 1 aromatic heterocycles. The predicted octanol–water partition coefficient (Wildman–Crippen LogP) is 3.18. The summed E-state index contributed by atoms with van der Waals surface area (Å²) in [5.74, 6) is 5.99. The van der Waals surface area contributed by atoms with Crippen LogP contribution in [0.15, 0.2) is 12.3 Å². The van der Waals surface area contributed by atoms with Crippen molar-refractivity contribution in [2.24, 2.45) is 5.92 Å². The van der Waals surface area contributed by atoms with E-state index < -0.39 is 5.67 Å². The summed E-state index contributed by atoms with van der Waals surface area (Å²) in [7, 11) is 0. The number of pyridine rings is 1. The molecule has 1 atom stereocenters. The lowest BCUT2D eigenvalue weighted by atomic mass is 9.86. The molecule has 6 heteroatoms. The molecule has 2 aliphatic rings. The van der Waals surface area contributed by atoms with E-state index in [9.17, 15) is 9.50 Å². The largest absolute Gasteiger partial charge is 0.396 e. The van der Waals surface area contributed by atoms with Gasteiger partial charge in [0.15, 0.2) is 5.67 Å². The van der Waals surface area contributed by atoms with Crippen LogP contribution in [0.5, 0.6) is 0 Å². The van der Waals surface area contributed by atoms with Crippen molar-refractivity contribution >= 4 is 17.3 Å². The van der Waals surface area contributed by atoms with Gasteiger partial charge in [0.2, 0.25) is 0 Å². The number of aromatic nitrogens is 1. The van der Waals surface area contributed by atoms with Gasteiger partial charge >= 0.3 is 0 Å². The molecule has 0 radical (unpaired) electrons. The van der Waals surface area contributed by atoms with Crippen LogP contribution < -0.4 is 5.32 Å². The quantitative estimate of drug-likeness (QED) is 0.648. The molecule has 24 heavy (non-hydrogen) atoms. The third-order valence-electron chi connectivity index (χ3n) is 4.73. The van der Waals surface area contributed by atoms with Gasteiger partial charge in [0.25, 0.3) is 0 Å². The average Bonchev–Trinajstić information content (AvgIpc) is 3.02. The maximum Gasteiger partial charge on any atom is 0.196 e. The second-order valence-electron chi connectivity index (χ2n) is 6.62. The molecule has 1 aliphatic heterocycles. The summed E-state index contributed by atoms with van der Waals surface area (Å²) in [6.45, 7) is 0.684. The highest BCUT2D eigenvalue weighted by Gasteiger charge is 2.32. The zero-order valence-electron chi connectivity index (χ0n) is 13.5. The Bertz CT molecular complexity index is 630. The molecule has 1 aromatic rings. The molecule has 0 aromatic carbocycles. The van der Waals surface area contributed by atoms with Crippen LogP contribution in [-0.4, -0.2) is 41.6 Å². The van der Waals surface area contributed by atoms with Crippen molar-refractivity contribution < 1.29 is 14.2 Å². The maximum atomic E-state index is 14.4. The smallest absolute Gasteiger partial charge is 0.196 e. The van der Waals surface area contributed by atoms with Crippen molar-refractivity contribution in [1.29, 1.82) is 0 Å². The minimum atomic E-state index is -1.57. The third-order valence-corrected chi connectivity index (χ3v) is 4.94. The monoisotopic (exact) mass is 352 g/mol. The van der Waals surface area contributed by atoms with Gasteiger partial charge in [-0.1, -0.05) is 23.4 Å². The molecular formula is C18H22ClFN2O2. The highest BCUT2D eigenvalue weighted by atomic mass is 35.5. The Hall–Kier alpha value is -1.35. The molecule has 1 saturated heterocycles. The molecule has 1 saturated carbocycles. The van der Waals surface area contributed by atoms with Crippen LogP contribution in [0, 0.1) is 17.8 Å². The Morgan fingerprint density at radius 2 is 2.21 bits per heavy atom. The summed E-state index contributed by atoms with van der Waals surface area (Å²) in [4.78, 5) is 4.06. The normalized spacial score (nSPS) is 29.8. The van der Waals surface area contributed by atoms with Gasteiger partial charge in [-0.2, -0.15) is 0 Å². The summed E-state index contributed by atoms with van der Waals surface area (Å²) in [6.07, 6.45) is 5.85. The lowest BCUT2D eigenvalue weighted by Gasteiger charge is -2.29. The van der Waals surface area contributed by atoms with E-state index in [0.29, 0.717) is 35.7 Å². The SMILES string of the molecule is OCC1CCC(Nc2cc(Cl)ncc2C#CC2(F)CCOC2)CC1. The highest BCUT2D eigenvalue weighted by molar-refractivity contribution is 6.29. The highest BCUT2D eigenvalue weighted by Crippen LogP contribution is 2.28. The number of nitrogens with one attached hydrogen (secondary N) is 1. The first-order chi connectivity index (χ1) is 11.6. The Balaban J connectivity index is 1.73. The van der Waals surface area contributed by atoms with E-state index in [1.807, 2.05) is 0 Å². The molecule has 0 bridgehead atoms. The molecule has 130 valence electrons. The Kier molecular flexibility index (Phi) is 5.60. The number of aliphatic hydroxyl groups is 1. The molecule has 1 unspecified atom stereocenters. The average molecular weight is 353 g/mol. The molecule has 1 aliphatic carbocycles. The first-order valence-corrected chi connectivity index (χ1v) is 8.78. The zero-order chi connectivity index (χ0) is 17.0. The van der Waals surface area contributed by atoms with Crippen molar-refractivity contribution in [2.75, 3.05) is 25.1 Å². The molecule has 2 N–H and O–H groups in total. The minimum absolute atomic E-state index is 0.0228. The van der Waals surface area contributed by atoms with Crippen molar-refractivity contribution in [3.05, 3.63) is 23.0 Å². The number of rotatable bonds is 3. The second kappa shape index (κ2) is 7.69. The summed E-state index contributed by atoms with van der Waals surface area (Å²) in [5.41, 5.74) is -0.138. The summed E-state index contributed by atoms with van der Waals surface area (Å²) in [6, 6.07) is 2.04. The zero-order valence-corrected chi connectivity index (χ0v) is 14.3. The van der Waals surface area contributed by atoms with Crippen molar-refractivity contribution in [3.63, 3.8) is 0 Å². The number of hydrogen-bond donors (Lipinski definition) is 2. The van der Waals surface area contributed by atoms with Crippen LogP contribution in [0.25, 0.3) is 0 Å². The van der Waals surface area contributed by atoms with Gasteiger partial charge in [0, 0.05) is 25.3 Å². The molecule has 4 nitrogen and oxygen atoms in total. The summed E-state index contributed by atoms with van der Waals surface area (Å²) in [5, 5.41) is 13.1. The van der Waals surface area contributed by atoms with Crippen LogP contribution in [0.4, 0.5) is 10.1 Å². The molecular weight excluding hydrogens is 331 g/mol. The molecule has 0 spiro atoms. The number of alkyl halides is 1. The van der Waals surface area contributed by atoms with Crippen LogP contribution in [0.1, 0.15) is 37.7 Å². The predicted molar refractivity (Wildman–Crippen MR) is 91.9 cm³/mol. The van der Waals surface area contributed by atoms with Gasteiger partial charge in [-0.05, 0) is 37.7 Å². The Morgan fingerprint density at radius 1 is 1.42 bits per heavy atom. The number of ether oxygens (including phenoxy) is 1. The van der Waals surface area contributed by atoms with E-state index in [0.717, 1.165) is 31.4 Å². The van der Waals surface area contributed by atoms with E-state index >= 15 is 0 Å². The number of halogens is 2. The van der Waals surface area contributed by atoms with Crippen LogP contribution in [0.3, 0.4) is 0 Å². The lowest BCUT2D eigenvalue weighted by molar-refractivity contribution is 0.148. The summed E-state index contributed by atoms with van der Waals surface area (Å²) >= 11 is 6.01. The molecule has 2 heterocycles. The van der Waals surface area contributed by atoms with E-state index in [2.05, 4.69) is 22.1 Å². The Labute approximate surface area is 146 Å². The van der Waals surface area contributed by atoms with Gasteiger partial charge in [-0.25, -0.2) is 9.37 Å². The first kappa shape index (κ1) is 17.5. The van der Waals surface area contributed by atoms with Crippen LogP contribution >= 0.6 is 11.6 Å². The maximum absolute atomic E-state index is 14.4. The fraction of sp³-hybridized carbons (Fsp3) is 0.611. The van der Waals surface area contributed by atoms with E-state index in [4.69, 9.17) is 16.3 Å². The number of hydrogen-bond acceptors (Lipinski definition) is 4. The van der Waals surface area contributed by atoms with Crippen molar-refractivity contribution in [2.45, 2.75) is 43.8 Å². The van der Waals surface area contributed by atoms with Gasteiger partial charge < -0.3 is 15.2 Å². The van der Waals surface area contributed by atoms with E-state index in [1.165, 1.54) is 0 Å². The lowest BCUT2D eigenvalue weighted by Crippen LogP contribution is -2.27. The summed E-state index contributed by atoms with van der Waals surface area (Å²) < 4.78 is 19.5. The molecule has 2 fully saturated rings. The van der Waals surface area contributed by atoms with Gasteiger partial charge in [-0.3, -0.25) is 0 Å². The number of aliphatic hydroxyl groups excluding tert-OH is 1. The van der Waals surface area contributed by atoms with E-state index in [-0.39, 0.29) is 13.2 Å². The number of anilines is 1. The van der Waals surface area contributed by atoms with Crippen LogP contribution in [-0.2, 0) is 4.74 Å². The second-order valence-corrected chi connectivity index (χ2v) is 7.00. The van der Waals surface area contributed by atoms with Crippen molar-refractivity contribution in [1.82, 2.24) is 4.98 Å². The molecule has 3 rings (SSSR count). The fourth-order valence-corrected chi connectivity index (χ4v) is 3.33. The Morgan fingerprint density at radius 3 is 2.88 bits per heavy atom. The van der Waals surface area contributed by atoms with Gasteiger partial charge in [0.05, 0.1) is 24.5 Å². The van der Waals surface area contributed by atoms with Crippen LogP contribution in [0.2, 0.25) is 5.15 Å². The fourth-order valence-electron chi connectivity index (χ4n) is 3.18. The third kappa shape index (κ3) is 4.38. The topological polar surface area (TPSA) is 54.4 Å². The van der Waals surface area contributed by atoms with E-state index in [1.54, 1.807) is 12.3 Å². The standard InChI is InChI=1S/C18H22ClFN2O2/c19-17-9-16(22-15-3-1-13(11-23)2-4-15)14(10-21-17)5-6-18(20)7-8-24-12-18/h9-10,13,15,23H,1-4,7-8,11-12H2,(H,21,22). The van der Waals surface area contributed by atoms with Gasteiger partial charge in [-0.15, -0.1) is 0 Å². The first-order valence-electron chi connectivity index (χ1n) is 8.41. The minimum Gasteiger partial charge on any atom is -0.396 e. The van der Waals surface area contributed by atoms with Gasteiger partial charge in [0.1, 0.15) is 5.15 Å². The molecule has 0 amide bonds. The number of nitrogens with zero attached hydrogens (tertiary/aromatic N) is 1. The van der Waals surface area contributed by atoms with Crippen molar-refractivity contribution in [3.8, 4) is 11.8 Å².